The lowest BCUT2D eigenvalue weighted by Crippen LogP contribution is -2.11. The largest absolute Gasteiger partial charge is 0.507 e. The van der Waals surface area contributed by atoms with Gasteiger partial charge < -0.3 is 20.0 Å². The third kappa shape index (κ3) is 3.38. The van der Waals surface area contributed by atoms with E-state index in [-0.39, 0.29) is 17.1 Å². The molecule has 3 aromatic rings. The third-order valence-electron chi connectivity index (χ3n) is 3.61. The van der Waals surface area contributed by atoms with Gasteiger partial charge in [0, 0.05) is 17.0 Å². The molecule has 4 N–H and O–H groups in total. The molecule has 0 aliphatic rings. The number of phenolic OH excluding ortho intramolecular Hbond substituents is 1. The van der Waals surface area contributed by atoms with Gasteiger partial charge in [0.25, 0.3) is 11.8 Å². The second-order valence-electron chi connectivity index (χ2n) is 5.32. The first-order chi connectivity index (χ1) is 12.4. The molecule has 1 aromatic carbocycles. The van der Waals surface area contributed by atoms with Crippen molar-refractivity contribution in [2.24, 2.45) is 5.73 Å². The molecule has 0 saturated carbocycles. The number of phenols is 1. The number of thiazole rings is 1. The summed E-state index contributed by atoms with van der Waals surface area (Å²) in [6.07, 6.45) is 0. The molecule has 0 aliphatic heterocycles. The lowest BCUT2D eigenvalue weighted by atomic mass is 10.2. The molecule has 0 radical (unpaired) electrons. The van der Waals surface area contributed by atoms with Crippen molar-refractivity contribution >= 4 is 28.3 Å². The zero-order chi connectivity index (χ0) is 18.8. The van der Waals surface area contributed by atoms with Crippen molar-refractivity contribution in [3.8, 4) is 22.8 Å². The fraction of sp³-hybridized carbons (Fsp3) is 0.118. The number of aryl methyl sites for hydroxylation is 1. The molecule has 0 bridgehead atoms. The number of furan rings is 1. The first kappa shape index (κ1) is 17.5. The Morgan fingerprint density at radius 1 is 1.35 bits per heavy atom. The van der Waals surface area contributed by atoms with Crippen molar-refractivity contribution < 1.29 is 23.8 Å². The van der Waals surface area contributed by atoms with Crippen LogP contribution >= 0.6 is 11.3 Å². The van der Waals surface area contributed by atoms with Gasteiger partial charge in [-0.3, -0.25) is 14.9 Å². The van der Waals surface area contributed by atoms with E-state index in [2.05, 4.69) is 10.3 Å². The number of hydrogen-bond donors (Lipinski definition) is 3. The Hall–Kier alpha value is -3.33. The topological polar surface area (TPSA) is 128 Å². The summed E-state index contributed by atoms with van der Waals surface area (Å²) in [5.41, 5.74) is 6.45. The molecule has 0 spiro atoms. The molecule has 0 unspecified atom stereocenters. The summed E-state index contributed by atoms with van der Waals surface area (Å²) in [6, 6.07) is 5.88. The second kappa shape index (κ2) is 6.89. The number of amides is 2. The highest BCUT2D eigenvalue weighted by atomic mass is 32.1. The number of carbonyl (C=O) groups excluding carboxylic acids is 2. The number of carbonyl (C=O) groups is 2. The van der Waals surface area contributed by atoms with Gasteiger partial charge in [0.1, 0.15) is 17.3 Å². The molecule has 0 fully saturated rings. The Kier molecular flexibility index (Phi) is 4.63. The number of nitrogens with two attached hydrogens (primary N) is 1. The predicted molar refractivity (Wildman–Crippen MR) is 95.7 cm³/mol. The van der Waals surface area contributed by atoms with Gasteiger partial charge in [0.15, 0.2) is 10.9 Å². The van der Waals surface area contributed by atoms with E-state index < -0.39 is 11.8 Å². The smallest absolute Gasteiger partial charge is 0.284 e. The van der Waals surface area contributed by atoms with E-state index in [4.69, 9.17) is 14.9 Å². The molecular weight excluding hydrogens is 358 g/mol. The minimum atomic E-state index is -0.668. The highest BCUT2D eigenvalue weighted by Gasteiger charge is 2.17. The number of ether oxygens (including phenoxy) is 1. The number of aromatic hydroxyl groups is 1. The monoisotopic (exact) mass is 373 g/mol. The van der Waals surface area contributed by atoms with Crippen LogP contribution in [0.4, 0.5) is 5.13 Å². The molecule has 2 heterocycles. The minimum absolute atomic E-state index is 0.0410. The fourth-order valence-corrected chi connectivity index (χ4v) is 3.01. The predicted octanol–water partition coefficient (Wildman–Crippen LogP) is 2.78. The summed E-state index contributed by atoms with van der Waals surface area (Å²) in [7, 11) is 1.47. The van der Waals surface area contributed by atoms with Crippen LogP contribution in [0.3, 0.4) is 0 Å². The van der Waals surface area contributed by atoms with E-state index in [1.807, 2.05) is 0 Å². The maximum atomic E-state index is 12.3. The van der Waals surface area contributed by atoms with E-state index in [0.717, 1.165) is 0 Å². The highest BCUT2D eigenvalue weighted by Crippen LogP contribution is 2.30. The maximum Gasteiger partial charge on any atom is 0.284 e. The first-order valence-corrected chi connectivity index (χ1v) is 8.31. The van der Waals surface area contributed by atoms with Crippen molar-refractivity contribution in [3.05, 3.63) is 46.7 Å². The van der Waals surface area contributed by atoms with E-state index in [9.17, 15) is 14.7 Å². The summed E-state index contributed by atoms with van der Waals surface area (Å²) < 4.78 is 10.3. The van der Waals surface area contributed by atoms with Crippen LogP contribution < -0.4 is 15.8 Å². The molecule has 2 aromatic heterocycles. The summed E-state index contributed by atoms with van der Waals surface area (Å²) in [5, 5.41) is 14.6. The lowest BCUT2D eigenvalue weighted by molar-refractivity contribution is 0.0971. The summed E-state index contributed by atoms with van der Waals surface area (Å²) in [5.74, 6) is -0.397. The molecule has 134 valence electrons. The Morgan fingerprint density at radius 2 is 2.12 bits per heavy atom. The summed E-state index contributed by atoms with van der Waals surface area (Å²) >= 11 is 1.20. The van der Waals surface area contributed by atoms with Gasteiger partial charge in [-0.05, 0) is 25.1 Å². The Morgan fingerprint density at radius 3 is 2.73 bits per heavy atom. The molecule has 0 aliphatic carbocycles. The standard InChI is InChI=1S/C17H15N3O5S/c1-8-11(6-14(25-8)15(18)22)12-7-26-17(19-12)20-16(23)10-4-3-9(24-2)5-13(10)21/h3-7,21H,1-2H3,(H2,18,22)(H,19,20,23). The van der Waals surface area contributed by atoms with Gasteiger partial charge in [-0.25, -0.2) is 4.98 Å². The average molecular weight is 373 g/mol. The van der Waals surface area contributed by atoms with Gasteiger partial charge in [0.05, 0.1) is 18.4 Å². The lowest BCUT2D eigenvalue weighted by Gasteiger charge is -2.06. The van der Waals surface area contributed by atoms with E-state index in [0.29, 0.717) is 27.9 Å². The van der Waals surface area contributed by atoms with Crippen LogP contribution in [-0.4, -0.2) is 29.0 Å². The van der Waals surface area contributed by atoms with Crippen LogP contribution in [0.25, 0.3) is 11.3 Å². The molecule has 0 saturated heterocycles. The number of primary amides is 1. The zero-order valence-corrected chi connectivity index (χ0v) is 14.7. The molecule has 8 nitrogen and oxygen atoms in total. The molecule has 2 amide bonds. The van der Waals surface area contributed by atoms with Crippen LogP contribution in [0, 0.1) is 6.92 Å². The molecule has 0 atom stereocenters. The number of nitrogens with zero attached hydrogens (tertiary/aromatic N) is 1. The molecule has 3 rings (SSSR count). The van der Waals surface area contributed by atoms with Crippen molar-refractivity contribution in [3.63, 3.8) is 0 Å². The number of benzene rings is 1. The van der Waals surface area contributed by atoms with E-state index >= 15 is 0 Å². The van der Waals surface area contributed by atoms with Crippen LogP contribution in [0.15, 0.2) is 34.1 Å². The quantitative estimate of drug-likeness (QED) is 0.631. The van der Waals surface area contributed by atoms with Crippen LogP contribution in [0.2, 0.25) is 0 Å². The molecule has 26 heavy (non-hydrogen) atoms. The van der Waals surface area contributed by atoms with Gasteiger partial charge in [-0.2, -0.15) is 0 Å². The van der Waals surface area contributed by atoms with E-state index in [1.165, 1.54) is 36.6 Å². The van der Waals surface area contributed by atoms with Crippen LogP contribution in [0.1, 0.15) is 26.7 Å². The number of rotatable bonds is 5. The molecule has 9 heteroatoms. The summed E-state index contributed by atoms with van der Waals surface area (Å²) in [6.45, 7) is 1.69. The van der Waals surface area contributed by atoms with Gasteiger partial charge >= 0.3 is 0 Å². The zero-order valence-electron chi connectivity index (χ0n) is 13.9. The van der Waals surface area contributed by atoms with Crippen molar-refractivity contribution in [1.82, 2.24) is 4.98 Å². The SMILES string of the molecule is COc1ccc(C(=O)Nc2nc(-c3cc(C(N)=O)oc3C)cs2)c(O)c1. The van der Waals surface area contributed by atoms with Crippen LogP contribution in [0.5, 0.6) is 11.5 Å². The first-order valence-electron chi connectivity index (χ1n) is 7.43. The van der Waals surface area contributed by atoms with Crippen molar-refractivity contribution in [1.29, 1.82) is 0 Å². The molecular formula is C17H15N3O5S. The van der Waals surface area contributed by atoms with Gasteiger partial charge in [-0.15, -0.1) is 11.3 Å². The Labute approximate surface area is 152 Å². The van der Waals surface area contributed by atoms with Crippen LogP contribution in [-0.2, 0) is 0 Å². The third-order valence-corrected chi connectivity index (χ3v) is 4.37. The number of nitrogens with one attached hydrogen (secondary N) is 1. The van der Waals surface area contributed by atoms with Crippen molar-refractivity contribution in [2.75, 3.05) is 12.4 Å². The Bertz CT molecular complexity index is 992. The highest BCUT2D eigenvalue weighted by molar-refractivity contribution is 7.14. The van der Waals surface area contributed by atoms with Gasteiger partial charge in [0.2, 0.25) is 0 Å². The Balaban J connectivity index is 1.80. The summed E-state index contributed by atoms with van der Waals surface area (Å²) in [4.78, 5) is 27.8. The second-order valence-corrected chi connectivity index (χ2v) is 6.18. The average Bonchev–Trinajstić information content (AvgIpc) is 3.20. The number of hydrogen-bond acceptors (Lipinski definition) is 7. The number of anilines is 1. The van der Waals surface area contributed by atoms with E-state index in [1.54, 1.807) is 18.4 Å². The fourth-order valence-electron chi connectivity index (χ4n) is 2.31. The number of methoxy groups -OCH3 is 1. The normalized spacial score (nSPS) is 10.5. The maximum absolute atomic E-state index is 12.3. The minimum Gasteiger partial charge on any atom is -0.507 e. The van der Waals surface area contributed by atoms with Gasteiger partial charge in [-0.1, -0.05) is 0 Å². The van der Waals surface area contributed by atoms with Crippen molar-refractivity contribution in [2.45, 2.75) is 6.92 Å². The number of aromatic nitrogens is 1.